The highest BCUT2D eigenvalue weighted by atomic mass is 79.9. The number of halogens is 1. The van der Waals surface area contributed by atoms with Crippen LogP contribution in [0.15, 0.2) is 28.7 Å². The Morgan fingerprint density at radius 2 is 2.19 bits per heavy atom. The smallest absolute Gasteiger partial charge is 0.0178 e. The van der Waals surface area contributed by atoms with Crippen molar-refractivity contribution in [3.8, 4) is 0 Å². The molecular formula is C13H20BrNS. The number of rotatable bonds is 6. The highest BCUT2D eigenvalue weighted by Crippen LogP contribution is 2.17. The minimum absolute atomic E-state index is 0.258. The molecule has 0 amide bonds. The van der Waals surface area contributed by atoms with E-state index in [9.17, 15) is 0 Å². The van der Waals surface area contributed by atoms with Crippen molar-refractivity contribution in [2.24, 2.45) is 5.73 Å². The maximum Gasteiger partial charge on any atom is 0.0178 e. The van der Waals surface area contributed by atoms with E-state index in [1.165, 1.54) is 12.0 Å². The van der Waals surface area contributed by atoms with Crippen molar-refractivity contribution in [1.82, 2.24) is 0 Å². The summed E-state index contributed by atoms with van der Waals surface area (Å²) in [5.74, 6) is 1.04. The predicted molar refractivity (Wildman–Crippen MR) is 78.0 cm³/mol. The van der Waals surface area contributed by atoms with Crippen LogP contribution < -0.4 is 5.73 Å². The minimum Gasteiger partial charge on any atom is -0.327 e. The number of benzene rings is 1. The second-order valence-electron chi connectivity index (χ2n) is 4.15. The normalized spacial score (nSPS) is 14.8. The molecule has 0 aliphatic rings. The molecule has 0 aromatic heterocycles. The van der Waals surface area contributed by atoms with Gasteiger partial charge >= 0.3 is 0 Å². The molecule has 2 atom stereocenters. The zero-order chi connectivity index (χ0) is 12.0. The molecule has 1 rings (SSSR count). The molecule has 2 unspecified atom stereocenters. The molecule has 16 heavy (non-hydrogen) atoms. The van der Waals surface area contributed by atoms with Crippen LogP contribution in [-0.4, -0.2) is 17.0 Å². The van der Waals surface area contributed by atoms with Crippen molar-refractivity contribution in [2.45, 2.75) is 38.0 Å². The van der Waals surface area contributed by atoms with Gasteiger partial charge < -0.3 is 5.73 Å². The minimum atomic E-state index is 0.258. The Balaban J connectivity index is 2.36. The lowest BCUT2D eigenvalue weighted by atomic mass is 10.1. The van der Waals surface area contributed by atoms with Gasteiger partial charge in [0.05, 0.1) is 0 Å². The largest absolute Gasteiger partial charge is 0.327 e. The van der Waals surface area contributed by atoms with Crippen LogP contribution in [0.25, 0.3) is 0 Å². The van der Waals surface area contributed by atoms with Gasteiger partial charge in [-0.2, -0.15) is 11.8 Å². The molecule has 1 aromatic rings. The molecule has 0 radical (unpaired) electrons. The van der Waals surface area contributed by atoms with Crippen molar-refractivity contribution in [3.05, 3.63) is 34.3 Å². The van der Waals surface area contributed by atoms with Crippen LogP contribution in [0.4, 0.5) is 0 Å². The molecule has 0 fully saturated rings. The Labute approximate surface area is 111 Å². The molecule has 0 aliphatic carbocycles. The second-order valence-corrected chi connectivity index (χ2v) is 6.53. The lowest BCUT2D eigenvalue weighted by Gasteiger charge is -2.14. The summed E-state index contributed by atoms with van der Waals surface area (Å²) in [4.78, 5) is 0. The van der Waals surface area contributed by atoms with E-state index in [1.54, 1.807) is 0 Å². The topological polar surface area (TPSA) is 26.0 Å². The first kappa shape index (κ1) is 14.1. The summed E-state index contributed by atoms with van der Waals surface area (Å²) in [6, 6.07) is 8.65. The molecule has 0 aliphatic heterocycles. The van der Waals surface area contributed by atoms with Crippen LogP contribution in [0.5, 0.6) is 0 Å². The molecule has 1 aromatic carbocycles. The van der Waals surface area contributed by atoms with Crippen LogP contribution in [-0.2, 0) is 6.42 Å². The van der Waals surface area contributed by atoms with Crippen LogP contribution in [0.2, 0.25) is 0 Å². The first-order chi connectivity index (χ1) is 7.61. The van der Waals surface area contributed by atoms with E-state index in [-0.39, 0.29) is 6.04 Å². The van der Waals surface area contributed by atoms with Crippen LogP contribution in [0.3, 0.4) is 0 Å². The molecule has 0 bridgehead atoms. The molecule has 3 heteroatoms. The average molecular weight is 302 g/mol. The van der Waals surface area contributed by atoms with E-state index in [2.05, 4.69) is 48.0 Å². The van der Waals surface area contributed by atoms with Gasteiger partial charge in [-0.3, -0.25) is 0 Å². The maximum atomic E-state index is 6.12. The van der Waals surface area contributed by atoms with Gasteiger partial charge in [0.1, 0.15) is 0 Å². The van der Waals surface area contributed by atoms with Gasteiger partial charge in [0.25, 0.3) is 0 Å². The van der Waals surface area contributed by atoms with Crippen LogP contribution >= 0.6 is 27.7 Å². The summed E-state index contributed by atoms with van der Waals surface area (Å²) >= 11 is 5.45. The molecule has 90 valence electrons. The van der Waals surface area contributed by atoms with E-state index in [4.69, 9.17) is 5.73 Å². The summed E-state index contributed by atoms with van der Waals surface area (Å²) in [5, 5.41) is 0.716. The van der Waals surface area contributed by atoms with E-state index in [1.807, 2.05) is 17.8 Å². The first-order valence-corrected chi connectivity index (χ1v) is 7.57. The number of nitrogens with two attached hydrogens (primary N) is 1. The second kappa shape index (κ2) is 7.36. The van der Waals surface area contributed by atoms with Gasteiger partial charge in [-0.15, -0.1) is 0 Å². The fraction of sp³-hybridized carbons (Fsp3) is 0.538. The Morgan fingerprint density at radius 3 is 2.81 bits per heavy atom. The quantitative estimate of drug-likeness (QED) is 0.864. The summed E-state index contributed by atoms with van der Waals surface area (Å²) in [7, 11) is 0. The summed E-state index contributed by atoms with van der Waals surface area (Å²) in [6.45, 7) is 4.48. The van der Waals surface area contributed by atoms with E-state index in [0.717, 1.165) is 16.6 Å². The molecule has 0 saturated heterocycles. The van der Waals surface area contributed by atoms with Gasteiger partial charge in [0.15, 0.2) is 0 Å². The number of hydrogen-bond acceptors (Lipinski definition) is 2. The molecule has 1 nitrogen and oxygen atoms in total. The number of thioether (sulfide) groups is 1. The fourth-order valence-electron chi connectivity index (χ4n) is 1.43. The average Bonchev–Trinajstić information content (AvgIpc) is 2.26. The van der Waals surface area contributed by atoms with E-state index < -0.39 is 0 Å². The van der Waals surface area contributed by atoms with E-state index >= 15 is 0 Å². The lowest BCUT2D eigenvalue weighted by Crippen LogP contribution is -2.26. The zero-order valence-corrected chi connectivity index (χ0v) is 12.4. The third-order valence-corrected chi connectivity index (χ3v) is 4.57. The summed E-state index contributed by atoms with van der Waals surface area (Å²) < 4.78 is 1.13. The van der Waals surface area contributed by atoms with Crippen molar-refractivity contribution in [3.63, 3.8) is 0 Å². The SMILES string of the molecule is CCC(C)SCC(N)Cc1cccc(Br)c1. The van der Waals surface area contributed by atoms with Crippen molar-refractivity contribution >= 4 is 27.7 Å². The zero-order valence-electron chi connectivity index (χ0n) is 9.95. The van der Waals surface area contributed by atoms with Crippen LogP contribution in [0.1, 0.15) is 25.8 Å². The predicted octanol–water partition coefficient (Wildman–Crippen LogP) is 3.85. The molecular weight excluding hydrogens is 282 g/mol. The Kier molecular flexibility index (Phi) is 6.47. The lowest BCUT2D eigenvalue weighted by molar-refractivity contribution is 0.744. The molecule has 0 spiro atoms. The standard InChI is InChI=1S/C13H20BrNS/c1-3-10(2)16-9-13(15)8-11-5-4-6-12(14)7-11/h4-7,10,13H,3,8-9,15H2,1-2H3. The van der Waals surface area contributed by atoms with Crippen molar-refractivity contribution < 1.29 is 0 Å². The third-order valence-electron chi connectivity index (χ3n) is 2.56. The molecule has 0 heterocycles. The Morgan fingerprint density at radius 1 is 1.44 bits per heavy atom. The fourth-order valence-corrected chi connectivity index (χ4v) is 2.81. The van der Waals surface area contributed by atoms with Crippen molar-refractivity contribution in [2.75, 3.05) is 5.75 Å². The Bertz CT molecular complexity index is 317. The summed E-state index contributed by atoms with van der Waals surface area (Å²) in [5.41, 5.74) is 7.43. The monoisotopic (exact) mass is 301 g/mol. The van der Waals surface area contributed by atoms with Crippen molar-refractivity contribution in [1.29, 1.82) is 0 Å². The highest BCUT2D eigenvalue weighted by molar-refractivity contribution is 9.10. The maximum absolute atomic E-state index is 6.12. The van der Waals surface area contributed by atoms with Gasteiger partial charge in [0, 0.05) is 21.5 Å². The van der Waals surface area contributed by atoms with Gasteiger partial charge in [-0.05, 0) is 30.5 Å². The van der Waals surface area contributed by atoms with Gasteiger partial charge in [-0.1, -0.05) is 41.9 Å². The Hall–Kier alpha value is 0.01000. The summed E-state index contributed by atoms with van der Waals surface area (Å²) in [6.07, 6.45) is 2.18. The van der Waals surface area contributed by atoms with Gasteiger partial charge in [-0.25, -0.2) is 0 Å². The first-order valence-electron chi connectivity index (χ1n) is 5.73. The number of hydrogen-bond donors (Lipinski definition) is 1. The third kappa shape index (κ3) is 5.37. The van der Waals surface area contributed by atoms with Crippen LogP contribution in [0, 0.1) is 0 Å². The molecule has 0 saturated carbocycles. The van der Waals surface area contributed by atoms with E-state index in [0.29, 0.717) is 5.25 Å². The highest BCUT2D eigenvalue weighted by Gasteiger charge is 2.07. The molecule has 2 N–H and O–H groups in total. The van der Waals surface area contributed by atoms with Gasteiger partial charge in [0.2, 0.25) is 0 Å².